The predicted molar refractivity (Wildman–Crippen MR) is 105 cm³/mol. The van der Waals surface area contributed by atoms with Gasteiger partial charge in [-0.3, -0.25) is 4.79 Å². The number of methoxy groups -OCH3 is 1. The summed E-state index contributed by atoms with van der Waals surface area (Å²) in [5.74, 6) is 1.07. The fourth-order valence-corrected chi connectivity index (χ4v) is 3.52. The number of ether oxygens (including phenoxy) is 2. The lowest BCUT2D eigenvalue weighted by molar-refractivity contribution is 0.0950. The van der Waals surface area contributed by atoms with E-state index in [2.05, 4.69) is 12.2 Å². The smallest absolute Gasteiger partial charge is 0.251 e. The molecule has 0 aliphatic carbocycles. The molecule has 0 fully saturated rings. The quantitative estimate of drug-likeness (QED) is 0.712. The third-order valence-corrected chi connectivity index (χ3v) is 4.89. The monoisotopic (exact) mass is 389 g/mol. The van der Waals surface area contributed by atoms with E-state index in [1.54, 1.807) is 13.2 Å². The van der Waals surface area contributed by atoms with Gasteiger partial charge >= 0.3 is 0 Å². The molecule has 0 saturated heterocycles. The molecule has 5 nitrogen and oxygen atoms in total. The van der Waals surface area contributed by atoms with Crippen molar-refractivity contribution >= 4 is 17.5 Å². The minimum atomic E-state index is -0.421. The fourth-order valence-electron chi connectivity index (χ4n) is 3.39. The van der Waals surface area contributed by atoms with E-state index in [1.165, 1.54) is 0 Å². The number of aliphatic hydroxyl groups excluding tert-OH is 1. The summed E-state index contributed by atoms with van der Waals surface area (Å²) in [5, 5.41) is 12.4. The van der Waals surface area contributed by atoms with E-state index in [-0.39, 0.29) is 12.5 Å². The number of nitrogens with one attached hydrogen (secondary N) is 1. The first-order valence-corrected chi connectivity index (χ1v) is 9.35. The Hall–Kier alpha value is -2.24. The molecule has 27 heavy (non-hydrogen) atoms. The van der Waals surface area contributed by atoms with Gasteiger partial charge in [0.15, 0.2) is 11.5 Å². The zero-order valence-corrected chi connectivity index (χ0v) is 16.3. The number of amides is 1. The highest BCUT2D eigenvalue weighted by atomic mass is 35.5. The highest BCUT2D eigenvalue weighted by Gasteiger charge is 2.37. The Balaban J connectivity index is 1.80. The Morgan fingerprint density at radius 3 is 2.74 bits per heavy atom. The first kappa shape index (κ1) is 19.5. The van der Waals surface area contributed by atoms with Gasteiger partial charge in [0.2, 0.25) is 0 Å². The first-order chi connectivity index (χ1) is 12.9. The molecule has 0 aromatic heterocycles. The van der Waals surface area contributed by atoms with Crippen LogP contribution < -0.4 is 14.8 Å². The normalized spacial score (nSPS) is 17.9. The number of aliphatic hydroxyl groups is 1. The van der Waals surface area contributed by atoms with Gasteiger partial charge in [-0.15, -0.1) is 0 Å². The Kier molecular flexibility index (Phi) is 5.92. The molecule has 2 aromatic rings. The van der Waals surface area contributed by atoms with Gasteiger partial charge in [-0.2, -0.15) is 0 Å². The molecule has 1 aliphatic rings. The molecule has 144 valence electrons. The van der Waals surface area contributed by atoms with Crippen LogP contribution in [0.2, 0.25) is 5.02 Å². The summed E-state index contributed by atoms with van der Waals surface area (Å²) in [7, 11) is 1.57. The SMILES string of the molecule is COc1cc(C(=O)NCCCO)cc2c1OC(C)(Cc1ccc(Cl)cc1)C2. The van der Waals surface area contributed by atoms with E-state index in [9.17, 15) is 4.79 Å². The minimum Gasteiger partial charge on any atom is -0.493 e. The molecule has 0 spiro atoms. The van der Waals surface area contributed by atoms with Crippen LogP contribution >= 0.6 is 11.6 Å². The van der Waals surface area contributed by atoms with Crippen molar-refractivity contribution in [3.05, 3.63) is 58.1 Å². The number of carbonyl (C=O) groups is 1. The second-order valence-corrected chi connectivity index (χ2v) is 7.47. The lowest BCUT2D eigenvalue weighted by Crippen LogP contribution is -2.32. The van der Waals surface area contributed by atoms with Crippen molar-refractivity contribution in [3.63, 3.8) is 0 Å². The van der Waals surface area contributed by atoms with Crippen molar-refractivity contribution in [2.45, 2.75) is 31.8 Å². The van der Waals surface area contributed by atoms with Crippen molar-refractivity contribution in [1.82, 2.24) is 5.32 Å². The van der Waals surface area contributed by atoms with E-state index in [0.29, 0.717) is 41.5 Å². The topological polar surface area (TPSA) is 67.8 Å². The summed E-state index contributed by atoms with van der Waals surface area (Å²) in [4.78, 5) is 12.4. The average molecular weight is 390 g/mol. The molecule has 2 aromatic carbocycles. The Labute approximate surface area is 164 Å². The summed E-state index contributed by atoms with van der Waals surface area (Å²) >= 11 is 5.97. The molecule has 6 heteroatoms. The van der Waals surface area contributed by atoms with Crippen LogP contribution in [0.4, 0.5) is 0 Å². The van der Waals surface area contributed by atoms with E-state index in [0.717, 1.165) is 17.5 Å². The molecule has 1 heterocycles. The number of hydrogen-bond donors (Lipinski definition) is 2. The van der Waals surface area contributed by atoms with Gasteiger partial charge in [-0.05, 0) is 43.2 Å². The van der Waals surface area contributed by atoms with Crippen LogP contribution in [0.1, 0.15) is 34.8 Å². The van der Waals surface area contributed by atoms with Crippen molar-refractivity contribution in [2.24, 2.45) is 0 Å². The summed E-state index contributed by atoms with van der Waals surface area (Å²) in [5.41, 5.74) is 2.20. The maximum Gasteiger partial charge on any atom is 0.251 e. The van der Waals surface area contributed by atoms with E-state index < -0.39 is 5.60 Å². The van der Waals surface area contributed by atoms with Crippen molar-refractivity contribution in [1.29, 1.82) is 0 Å². The Bertz CT molecular complexity index is 822. The lowest BCUT2D eigenvalue weighted by Gasteiger charge is -2.24. The highest BCUT2D eigenvalue weighted by molar-refractivity contribution is 6.30. The van der Waals surface area contributed by atoms with Crippen LogP contribution in [-0.4, -0.2) is 36.9 Å². The maximum atomic E-state index is 12.4. The van der Waals surface area contributed by atoms with Crippen LogP contribution in [-0.2, 0) is 12.8 Å². The molecule has 0 radical (unpaired) electrons. The number of carbonyl (C=O) groups excluding carboxylic acids is 1. The summed E-state index contributed by atoms with van der Waals surface area (Å²) in [6.45, 7) is 2.53. The summed E-state index contributed by atoms with van der Waals surface area (Å²) in [6.07, 6.45) is 1.93. The second kappa shape index (κ2) is 8.19. The summed E-state index contributed by atoms with van der Waals surface area (Å²) in [6, 6.07) is 11.3. The van der Waals surface area contributed by atoms with Gasteiger partial charge in [0, 0.05) is 42.1 Å². The first-order valence-electron chi connectivity index (χ1n) is 8.97. The van der Waals surface area contributed by atoms with Crippen LogP contribution in [0.5, 0.6) is 11.5 Å². The average Bonchev–Trinajstić information content (AvgIpc) is 2.98. The summed E-state index contributed by atoms with van der Waals surface area (Å²) < 4.78 is 11.7. The third kappa shape index (κ3) is 4.54. The van der Waals surface area contributed by atoms with Crippen LogP contribution in [0.25, 0.3) is 0 Å². The van der Waals surface area contributed by atoms with Gasteiger partial charge in [0.1, 0.15) is 5.60 Å². The molecule has 1 amide bonds. The van der Waals surface area contributed by atoms with Gasteiger partial charge < -0.3 is 19.9 Å². The van der Waals surface area contributed by atoms with Gasteiger partial charge in [0.05, 0.1) is 7.11 Å². The standard InChI is InChI=1S/C21H24ClNO4/c1-21(12-14-4-6-17(22)7-5-14)13-16-10-15(20(25)23-8-3-9-24)11-18(26-2)19(16)27-21/h4-7,10-11,24H,3,8-9,12-13H2,1-2H3,(H,23,25). The number of halogens is 1. The van der Waals surface area contributed by atoms with Crippen molar-refractivity contribution in [2.75, 3.05) is 20.3 Å². The largest absolute Gasteiger partial charge is 0.493 e. The molecule has 1 atom stereocenters. The maximum absolute atomic E-state index is 12.4. The number of rotatable bonds is 7. The second-order valence-electron chi connectivity index (χ2n) is 7.03. The van der Waals surface area contributed by atoms with Crippen molar-refractivity contribution in [3.8, 4) is 11.5 Å². The molecular weight excluding hydrogens is 366 g/mol. The van der Waals surface area contributed by atoms with E-state index in [4.69, 9.17) is 26.2 Å². The zero-order chi connectivity index (χ0) is 19.4. The third-order valence-electron chi connectivity index (χ3n) is 4.64. The number of benzene rings is 2. The highest BCUT2D eigenvalue weighted by Crippen LogP contribution is 2.44. The van der Waals surface area contributed by atoms with Gasteiger partial charge in [-0.25, -0.2) is 0 Å². The Morgan fingerprint density at radius 2 is 2.07 bits per heavy atom. The number of fused-ring (bicyclic) bond motifs is 1. The fraction of sp³-hybridized carbons (Fsp3) is 0.381. The van der Waals surface area contributed by atoms with Gasteiger partial charge in [0.25, 0.3) is 5.91 Å². The Morgan fingerprint density at radius 1 is 1.33 bits per heavy atom. The predicted octanol–water partition coefficient (Wildman–Crippen LogP) is 3.40. The zero-order valence-electron chi connectivity index (χ0n) is 15.5. The van der Waals surface area contributed by atoms with E-state index in [1.807, 2.05) is 30.3 Å². The number of hydrogen-bond acceptors (Lipinski definition) is 4. The van der Waals surface area contributed by atoms with Crippen LogP contribution in [0.15, 0.2) is 36.4 Å². The van der Waals surface area contributed by atoms with Gasteiger partial charge in [-0.1, -0.05) is 23.7 Å². The molecule has 1 unspecified atom stereocenters. The molecular formula is C21H24ClNO4. The molecule has 0 saturated carbocycles. The molecule has 2 N–H and O–H groups in total. The minimum absolute atomic E-state index is 0.0463. The molecule has 0 bridgehead atoms. The van der Waals surface area contributed by atoms with E-state index >= 15 is 0 Å². The molecule has 3 rings (SSSR count). The van der Waals surface area contributed by atoms with Crippen LogP contribution in [0, 0.1) is 0 Å². The van der Waals surface area contributed by atoms with Crippen molar-refractivity contribution < 1.29 is 19.4 Å². The lowest BCUT2D eigenvalue weighted by atomic mass is 9.91. The van der Waals surface area contributed by atoms with Crippen LogP contribution in [0.3, 0.4) is 0 Å². The molecule has 1 aliphatic heterocycles.